The highest BCUT2D eigenvalue weighted by Crippen LogP contribution is 2.31. The molecule has 0 spiro atoms. The van der Waals surface area contributed by atoms with Gasteiger partial charge in [-0.2, -0.15) is 0 Å². The normalized spacial score (nSPS) is 17.4. The van der Waals surface area contributed by atoms with Gasteiger partial charge in [0.15, 0.2) is 11.5 Å². The highest BCUT2D eigenvalue weighted by atomic mass is 16.6. The van der Waals surface area contributed by atoms with Crippen LogP contribution in [0.25, 0.3) is 0 Å². The lowest BCUT2D eigenvalue weighted by atomic mass is 9.99. The predicted molar refractivity (Wildman–Crippen MR) is 90.1 cm³/mol. The van der Waals surface area contributed by atoms with Gasteiger partial charge in [0.2, 0.25) is 6.10 Å². The van der Waals surface area contributed by atoms with Gasteiger partial charge in [-0.15, -0.1) is 0 Å². The number of carbonyl (C=O) groups is 1. The van der Waals surface area contributed by atoms with Crippen molar-refractivity contribution in [1.29, 1.82) is 0 Å². The van der Waals surface area contributed by atoms with E-state index in [1.54, 1.807) is 6.07 Å². The van der Waals surface area contributed by atoms with Crippen LogP contribution < -0.4 is 14.8 Å². The van der Waals surface area contributed by atoms with Gasteiger partial charge in [-0.3, -0.25) is 4.79 Å². The zero-order chi connectivity index (χ0) is 16.2. The summed E-state index contributed by atoms with van der Waals surface area (Å²) in [5.74, 6) is 1.60. The molecule has 1 aliphatic rings. The summed E-state index contributed by atoms with van der Waals surface area (Å²) < 4.78 is 11.3. The summed E-state index contributed by atoms with van der Waals surface area (Å²) in [7, 11) is 0. The first-order chi connectivity index (χ1) is 11.2. The Kier molecular flexibility index (Phi) is 4.51. The second kappa shape index (κ2) is 6.73. The van der Waals surface area contributed by atoms with Gasteiger partial charge in [0, 0.05) is 5.69 Å². The minimum Gasteiger partial charge on any atom is -0.485 e. The number of benzene rings is 2. The second-order valence-corrected chi connectivity index (χ2v) is 5.78. The maximum absolute atomic E-state index is 12.3. The molecule has 2 atom stereocenters. The van der Waals surface area contributed by atoms with E-state index in [1.165, 1.54) is 5.56 Å². The molecule has 23 heavy (non-hydrogen) atoms. The smallest absolute Gasteiger partial charge is 0.269 e. The number of amides is 1. The number of hydrogen-bond acceptors (Lipinski definition) is 3. The highest BCUT2D eigenvalue weighted by molar-refractivity contribution is 5.94. The number of rotatable bonds is 4. The van der Waals surface area contributed by atoms with Gasteiger partial charge < -0.3 is 14.8 Å². The predicted octanol–water partition coefficient (Wildman–Crippen LogP) is 3.98. The van der Waals surface area contributed by atoms with Gasteiger partial charge in [0.1, 0.15) is 6.61 Å². The molecule has 3 rings (SSSR count). The summed E-state index contributed by atoms with van der Waals surface area (Å²) in [6, 6.07) is 15.3. The van der Waals surface area contributed by atoms with Gasteiger partial charge in [-0.25, -0.2) is 0 Å². The summed E-state index contributed by atoms with van der Waals surface area (Å²) >= 11 is 0. The molecule has 0 fully saturated rings. The Hall–Kier alpha value is -2.49. The molecule has 0 radical (unpaired) electrons. The molecule has 1 aliphatic heterocycles. The monoisotopic (exact) mass is 311 g/mol. The molecule has 0 aliphatic carbocycles. The summed E-state index contributed by atoms with van der Waals surface area (Å²) in [6.07, 6.45) is 0.456. The van der Waals surface area contributed by atoms with Crippen LogP contribution in [0.2, 0.25) is 0 Å². The van der Waals surface area contributed by atoms with Crippen molar-refractivity contribution in [3.05, 3.63) is 54.1 Å². The number of nitrogens with one attached hydrogen (secondary N) is 1. The van der Waals surface area contributed by atoms with Crippen LogP contribution >= 0.6 is 0 Å². The Morgan fingerprint density at radius 2 is 1.87 bits per heavy atom. The fourth-order valence-corrected chi connectivity index (χ4v) is 2.50. The van der Waals surface area contributed by atoms with Crippen LogP contribution in [0, 0.1) is 0 Å². The van der Waals surface area contributed by atoms with E-state index in [1.807, 2.05) is 30.3 Å². The average Bonchev–Trinajstić information content (AvgIpc) is 2.61. The second-order valence-electron chi connectivity index (χ2n) is 5.78. The number of hydrogen-bond donors (Lipinski definition) is 1. The summed E-state index contributed by atoms with van der Waals surface area (Å²) in [6.45, 7) is 4.57. The van der Waals surface area contributed by atoms with Gasteiger partial charge in [0.25, 0.3) is 5.91 Å². The van der Waals surface area contributed by atoms with E-state index in [0.29, 0.717) is 17.4 Å². The van der Waals surface area contributed by atoms with Gasteiger partial charge in [-0.1, -0.05) is 38.1 Å². The van der Waals surface area contributed by atoms with Crippen LogP contribution in [0.3, 0.4) is 0 Å². The standard InChI is InChI=1S/C19H21NO3/c1-3-13(2)14-8-10-15(11-9-14)20-19(21)18-12-22-16-6-4-5-7-17(16)23-18/h4-11,13,18H,3,12H2,1-2H3,(H,20,21). The first kappa shape index (κ1) is 15.4. The third-order valence-corrected chi connectivity index (χ3v) is 4.16. The number of para-hydroxylation sites is 2. The first-order valence-corrected chi connectivity index (χ1v) is 7.96. The van der Waals surface area contributed by atoms with E-state index in [9.17, 15) is 4.79 Å². The van der Waals surface area contributed by atoms with Crippen LogP contribution in [0.1, 0.15) is 31.7 Å². The molecule has 2 aromatic carbocycles. The average molecular weight is 311 g/mol. The summed E-state index contributed by atoms with van der Waals surface area (Å²) in [4.78, 5) is 12.3. The maximum Gasteiger partial charge on any atom is 0.269 e. The maximum atomic E-state index is 12.3. The van der Waals surface area contributed by atoms with Crippen LogP contribution in [0.4, 0.5) is 5.69 Å². The lowest BCUT2D eigenvalue weighted by molar-refractivity contribution is -0.125. The molecule has 4 nitrogen and oxygen atoms in total. The number of ether oxygens (including phenoxy) is 2. The molecule has 0 aromatic heterocycles. The molecule has 2 unspecified atom stereocenters. The number of fused-ring (bicyclic) bond motifs is 1. The van der Waals surface area contributed by atoms with Gasteiger partial charge >= 0.3 is 0 Å². The van der Waals surface area contributed by atoms with Crippen molar-refractivity contribution >= 4 is 11.6 Å². The van der Waals surface area contributed by atoms with Crippen molar-refractivity contribution in [3.8, 4) is 11.5 Å². The Morgan fingerprint density at radius 1 is 1.17 bits per heavy atom. The van der Waals surface area contributed by atoms with Crippen molar-refractivity contribution in [3.63, 3.8) is 0 Å². The van der Waals surface area contributed by atoms with E-state index >= 15 is 0 Å². The Balaban J connectivity index is 1.64. The first-order valence-electron chi connectivity index (χ1n) is 7.96. The minimum absolute atomic E-state index is 0.198. The highest BCUT2D eigenvalue weighted by Gasteiger charge is 2.27. The zero-order valence-corrected chi connectivity index (χ0v) is 13.4. The molecule has 2 aromatic rings. The fourth-order valence-electron chi connectivity index (χ4n) is 2.50. The third-order valence-electron chi connectivity index (χ3n) is 4.16. The van der Waals surface area contributed by atoms with Crippen molar-refractivity contribution in [2.45, 2.75) is 32.3 Å². The summed E-state index contributed by atoms with van der Waals surface area (Å²) in [5.41, 5.74) is 2.04. The van der Waals surface area contributed by atoms with E-state index in [0.717, 1.165) is 12.1 Å². The number of anilines is 1. The third kappa shape index (κ3) is 3.47. The lowest BCUT2D eigenvalue weighted by Crippen LogP contribution is -2.40. The molecule has 0 saturated carbocycles. The lowest BCUT2D eigenvalue weighted by Gasteiger charge is -2.25. The quantitative estimate of drug-likeness (QED) is 0.929. The topological polar surface area (TPSA) is 47.6 Å². The molecular formula is C19H21NO3. The molecule has 0 bridgehead atoms. The Morgan fingerprint density at radius 3 is 2.57 bits per heavy atom. The van der Waals surface area contributed by atoms with Gasteiger partial charge in [0.05, 0.1) is 0 Å². The van der Waals surface area contributed by atoms with E-state index in [4.69, 9.17) is 9.47 Å². The fraction of sp³-hybridized carbons (Fsp3) is 0.316. The van der Waals surface area contributed by atoms with Crippen molar-refractivity contribution in [1.82, 2.24) is 0 Å². The van der Waals surface area contributed by atoms with E-state index in [2.05, 4.69) is 31.3 Å². The van der Waals surface area contributed by atoms with Crippen LogP contribution in [-0.2, 0) is 4.79 Å². The van der Waals surface area contributed by atoms with Crippen molar-refractivity contribution < 1.29 is 14.3 Å². The summed E-state index contributed by atoms with van der Waals surface area (Å²) in [5, 5.41) is 2.88. The molecule has 4 heteroatoms. The van der Waals surface area contributed by atoms with Crippen molar-refractivity contribution in [2.24, 2.45) is 0 Å². The molecule has 1 N–H and O–H groups in total. The zero-order valence-electron chi connectivity index (χ0n) is 13.4. The van der Waals surface area contributed by atoms with E-state index in [-0.39, 0.29) is 12.5 Å². The van der Waals surface area contributed by atoms with Crippen LogP contribution in [0.15, 0.2) is 48.5 Å². The number of carbonyl (C=O) groups excluding carboxylic acids is 1. The largest absolute Gasteiger partial charge is 0.485 e. The van der Waals surface area contributed by atoms with E-state index < -0.39 is 6.10 Å². The van der Waals surface area contributed by atoms with Crippen LogP contribution in [0.5, 0.6) is 11.5 Å². The minimum atomic E-state index is -0.640. The Bertz CT molecular complexity index is 681. The molecule has 120 valence electrons. The molecule has 1 heterocycles. The molecule has 1 amide bonds. The Labute approximate surface area is 136 Å². The molecule has 0 saturated heterocycles. The molecular weight excluding hydrogens is 290 g/mol. The van der Waals surface area contributed by atoms with Crippen molar-refractivity contribution in [2.75, 3.05) is 11.9 Å². The van der Waals surface area contributed by atoms with Crippen LogP contribution in [-0.4, -0.2) is 18.6 Å². The van der Waals surface area contributed by atoms with Gasteiger partial charge in [-0.05, 0) is 42.2 Å². The SMILES string of the molecule is CCC(C)c1ccc(NC(=O)C2COc3ccccc3O2)cc1.